The molecule has 0 N–H and O–H groups in total. The molecule has 1 aromatic rings. The van der Waals surface area contributed by atoms with Crippen LogP contribution in [0.5, 0.6) is 0 Å². The Kier molecular flexibility index (Phi) is 7.13. The Morgan fingerprint density at radius 2 is 1.80 bits per heavy atom. The summed E-state index contributed by atoms with van der Waals surface area (Å²) >= 11 is 0. The third kappa shape index (κ3) is 5.08. The van der Waals surface area contributed by atoms with Crippen molar-refractivity contribution in [1.29, 1.82) is 0 Å². The molecule has 0 bridgehead atoms. The summed E-state index contributed by atoms with van der Waals surface area (Å²) in [5, 5.41) is -0.130. The van der Waals surface area contributed by atoms with Gasteiger partial charge in [-0.25, -0.2) is 4.79 Å². The standard InChI is InChI=1S/C23H34O6Si/c1-9-18(27-20(25)17-13-11-10-12-14-17)23(16-26-22(5,6)29-23)19(15-24)28-30(7,8)21(2,3)4/h9-15,18-19H,1,16H2,2-8H3/t18-,19+,23+/m1/s1. The molecule has 1 heterocycles. The van der Waals surface area contributed by atoms with Crippen molar-refractivity contribution in [3.8, 4) is 0 Å². The fourth-order valence-corrected chi connectivity index (χ4v) is 4.33. The van der Waals surface area contributed by atoms with Gasteiger partial charge in [0, 0.05) is 0 Å². The predicted octanol–water partition coefficient (Wildman–Crippen LogP) is 4.51. The number of benzene rings is 1. The molecule has 2 rings (SSSR count). The molecule has 3 atom stereocenters. The quantitative estimate of drug-likeness (QED) is 0.259. The van der Waals surface area contributed by atoms with Crippen LogP contribution >= 0.6 is 0 Å². The topological polar surface area (TPSA) is 71.1 Å². The summed E-state index contributed by atoms with van der Waals surface area (Å²) in [4.78, 5) is 25.0. The maximum absolute atomic E-state index is 12.7. The molecule has 30 heavy (non-hydrogen) atoms. The molecule has 0 radical (unpaired) electrons. The van der Waals surface area contributed by atoms with Crippen LogP contribution in [0, 0.1) is 0 Å². The van der Waals surface area contributed by atoms with Gasteiger partial charge in [0.25, 0.3) is 0 Å². The molecule has 0 aromatic heterocycles. The van der Waals surface area contributed by atoms with Crippen molar-refractivity contribution in [1.82, 2.24) is 0 Å². The Hall–Kier alpha value is -1.80. The van der Waals surface area contributed by atoms with Gasteiger partial charge in [0.15, 0.2) is 32.1 Å². The molecule has 1 aromatic carbocycles. The van der Waals surface area contributed by atoms with E-state index in [2.05, 4.69) is 40.4 Å². The van der Waals surface area contributed by atoms with Gasteiger partial charge in [-0.05, 0) is 50.2 Å². The van der Waals surface area contributed by atoms with Crippen molar-refractivity contribution in [2.45, 2.75) is 76.3 Å². The van der Waals surface area contributed by atoms with Gasteiger partial charge in [-0.3, -0.25) is 0 Å². The molecule has 166 valence electrons. The van der Waals surface area contributed by atoms with Crippen LogP contribution in [0.3, 0.4) is 0 Å². The number of hydrogen-bond donors (Lipinski definition) is 0. The average molecular weight is 435 g/mol. The van der Waals surface area contributed by atoms with Crippen LogP contribution in [-0.2, 0) is 23.4 Å². The zero-order valence-electron chi connectivity index (χ0n) is 19.1. The number of carbonyl (C=O) groups is 2. The average Bonchev–Trinajstić information content (AvgIpc) is 3.00. The minimum absolute atomic E-state index is 0.0246. The lowest BCUT2D eigenvalue weighted by Crippen LogP contribution is -2.61. The first-order valence-electron chi connectivity index (χ1n) is 10.1. The van der Waals surface area contributed by atoms with Crippen molar-refractivity contribution in [2.75, 3.05) is 6.61 Å². The third-order valence-electron chi connectivity index (χ3n) is 5.85. The van der Waals surface area contributed by atoms with Crippen molar-refractivity contribution >= 4 is 20.6 Å². The first kappa shape index (κ1) is 24.5. The molecule has 7 heteroatoms. The lowest BCUT2D eigenvalue weighted by atomic mass is 9.91. The predicted molar refractivity (Wildman–Crippen MR) is 118 cm³/mol. The zero-order chi connectivity index (χ0) is 22.8. The Morgan fingerprint density at radius 1 is 1.20 bits per heavy atom. The van der Waals surface area contributed by atoms with Gasteiger partial charge in [0.05, 0.1) is 12.2 Å². The molecule has 0 unspecified atom stereocenters. The van der Waals surface area contributed by atoms with Gasteiger partial charge >= 0.3 is 5.97 Å². The first-order valence-corrected chi connectivity index (χ1v) is 13.0. The van der Waals surface area contributed by atoms with Crippen molar-refractivity contribution < 1.29 is 28.2 Å². The monoisotopic (exact) mass is 434 g/mol. The smallest absolute Gasteiger partial charge is 0.338 e. The Labute approximate surface area is 180 Å². The van der Waals surface area contributed by atoms with Gasteiger partial charge in [-0.1, -0.05) is 45.5 Å². The zero-order valence-corrected chi connectivity index (χ0v) is 20.1. The van der Waals surface area contributed by atoms with Crippen molar-refractivity contribution in [3.63, 3.8) is 0 Å². The number of carbonyl (C=O) groups excluding carboxylic acids is 2. The fourth-order valence-electron chi connectivity index (χ4n) is 3.09. The van der Waals surface area contributed by atoms with E-state index in [-0.39, 0.29) is 11.6 Å². The van der Waals surface area contributed by atoms with Crippen LogP contribution in [0.1, 0.15) is 45.0 Å². The molecule has 0 spiro atoms. The third-order valence-corrected chi connectivity index (χ3v) is 10.3. The fraction of sp³-hybridized carbons (Fsp3) is 0.565. The molecular weight excluding hydrogens is 400 g/mol. The lowest BCUT2D eigenvalue weighted by molar-refractivity contribution is -0.201. The summed E-state index contributed by atoms with van der Waals surface area (Å²) in [5.41, 5.74) is -0.946. The van der Waals surface area contributed by atoms with Gasteiger partial charge in [0.1, 0.15) is 6.10 Å². The summed E-state index contributed by atoms with van der Waals surface area (Å²) in [5.74, 6) is -1.51. The van der Waals surface area contributed by atoms with E-state index in [1.54, 1.807) is 38.1 Å². The molecule has 6 nitrogen and oxygen atoms in total. The molecule has 0 saturated carbocycles. The first-order chi connectivity index (χ1) is 13.8. The largest absolute Gasteiger partial charge is 0.451 e. The number of rotatable bonds is 8. The van der Waals surface area contributed by atoms with E-state index < -0.39 is 37.9 Å². The van der Waals surface area contributed by atoms with Crippen LogP contribution in [0.25, 0.3) is 0 Å². The highest BCUT2D eigenvalue weighted by molar-refractivity contribution is 6.74. The second-order valence-corrected chi connectivity index (χ2v) is 14.4. The summed E-state index contributed by atoms with van der Waals surface area (Å²) in [6.45, 7) is 17.7. The van der Waals surface area contributed by atoms with Crippen LogP contribution < -0.4 is 0 Å². The molecular formula is C23H34O6Si. The van der Waals surface area contributed by atoms with E-state index in [0.717, 1.165) is 6.29 Å². The van der Waals surface area contributed by atoms with E-state index >= 15 is 0 Å². The van der Waals surface area contributed by atoms with Gasteiger partial charge < -0.3 is 23.4 Å². The van der Waals surface area contributed by atoms with E-state index in [1.807, 2.05) is 6.07 Å². The minimum Gasteiger partial charge on any atom is -0.451 e. The second-order valence-electron chi connectivity index (χ2n) is 9.61. The normalized spacial score (nSPS) is 23.4. The van der Waals surface area contributed by atoms with Crippen molar-refractivity contribution in [3.05, 3.63) is 48.6 Å². The molecule has 0 amide bonds. The number of hydrogen-bond acceptors (Lipinski definition) is 6. The molecule has 1 fully saturated rings. The maximum atomic E-state index is 12.7. The summed E-state index contributed by atoms with van der Waals surface area (Å²) in [6, 6.07) is 8.64. The van der Waals surface area contributed by atoms with Gasteiger partial charge in [0.2, 0.25) is 0 Å². The minimum atomic E-state index is -2.35. The van der Waals surface area contributed by atoms with E-state index in [9.17, 15) is 9.59 Å². The van der Waals surface area contributed by atoms with Crippen LogP contribution in [0.2, 0.25) is 18.1 Å². The van der Waals surface area contributed by atoms with Crippen LogP contribution in [0.4, 0.5) is 0 Å². The van der Waals surface area contributed by atoms with E-state index in [1.165, 1.54) is 6.08 Å². The van der Waals surface area contributed by atoms with Gasteiger partial charge in [-0.15, -0.1) is 0 Å². The summed E-state index contributed by atoms with van der Waals surface area (Å²) in [7, 11) is -2.35. The molecule has 1 aliphatic heterocycles. The number of esters is 1. The summed E-state index contributed by atoms with van der Waals surface area (Å²) < 4.78 is 24.3. The van der Waals surface area contributed by atoms with Gasteiger partial charge in [-0.2, -0.15) is 0 Å². The highest BCUT2D eigenvalue weighted by Gasteiger charge is 2.59. The van der Waals surface area contributed by atoms with E-state index in [0.29, 0.717) is 5.56 Å². The Bertz CT molecular complexity index is 768. The van der Waals surface area contributed by atoms with Crippen LogP contribution in [0.15, 0.2) is 43.0 Å². The lowest BCUT2D eigenvalue weighted by Gasteiger charge is -2.44. The molecule has 1 aliphatic rings. The highest BCUT2D eigenvalue weighted by Crippen LogP contribution is 2.43. The maximum Gasteiger partial charge on any atom is 0.338 e. The Balaban J connectivity index is 2.42. The number of aldehydes is 1. The van der Waals surface area contributed by atoms with Crippen molar-refractivity contribution in [2.24, 2.45) is 0 Å². The second kappa shape index (κ2) is 8.75. The molecule has 0 aliphatic carbocycles. The summed E-state index contributed by atoms with van der Waals surface area (Å²) in [6.07, 6.45) is 0.244. The highest BCUT2D eigenvalue weighted by atomic mass is 28.4. The molecule has 1 saturated heterocycles. The van der Waals surface area contributed by atoms with Crippen LogP contribution in [-0.4, -0.2) is 50.8 Å². The van der Waals surface area contributed by atoms with E-state index in [4.69, 9.17) is 18.6 Å². The number of ether oxygens (including phenoxy) is 3. The Morgan fingerprint density at radius 3 is 2.23 bits per heavy atom. The SMILES string of the molecule is C=C[C@@H](OC(=O)c1ccccc1)[C@]1([C@H](C=O)O[Si](C)(C)C(C)(C)C)COC(C)(C)O1.